The maximum atomic E-state index is 12.0. The number of hydrogen-bond acceptors (Lipinski definition) is 2. The molecule has 0 fully saturated rings. The third-order valence-electron chi connectivity index (χ3n) is 3.21. The van der Waals surface area contributed by atoms with Gasteiger partial charge in [-0.3, -0.25) is 9.59 Å². The van der Waals surface area contributed by atoms with Gasteiger partial charge in [-0.25, -0.2) is 0 Å². The Morgan fingerprint density at radius 3 is 2.52 bits per heavy atom. The average molecular weight is 311 g/mol. The molecular formula is C16H23ClN2O2. The van der Waals surface area contributed by atoms with Gasteiger partial charge in [0.2, 0.25) is 11.8 Å². The molecule has 1 aromatic rings. The molecule has 21 heavy (non-hydrogen) atoms. The summed E-state index contributed by atoms with van der Waals surface area (Å²) in [5.41, 5.74) is 1.60. The molecule has 0 saturated heterocycles. The minimum atomic E-state index is -0.214. The molecule has 0 aliphatic rings. The number of carbonyl (C=O) groups is 2. The van der Waals surface area contributed by atoms with E-state index in [1.165, 1.54) is 6.92 Å². The smallest absolute Gasteiger partial charge is 0.243 e. The molecule has 0 radical (unpaired) electrons. The summed E-state index contributed by atoms with van der Waals surface area (Å²) in [6, 6.07) is 5.35. The van der Waals surface area contributed by atoms with Crippen LogP contribution in [-0.4, -0.2) is 29.8 Å². The number of hydrogen-bond donors (Lipinski definition) is 1. The molecule has 5 heteroatoms. The monoisotopic (exact) mass is 310 g/mol. The van der Waals surface area contributed by atoms with Crippen molar-refractivity contribution in [2.45, 2.75) is 34.1 Å². The van der Waals surface area contributed by atoms with Crippen molar-refractivity contribution >= 4 is 29.1 Å². The predicted octanol–water partition coefficient (Wildman–Crippen LogP) is 3.48. The third-order valence-corrected chi connectivity index (χ3v) is 3.62. The van der Waals surface area contributed by atoms with Crippen LogP contribution in [0, 0.1) is 12.8 Å². The highest BCUT2D eigenvalue weighted by molar-refractivity contribution is 6.31. The lowest BCUT2D eigenvalue weighted by atomic mass is 10.1. The van der Waals surface area contributed by atoms with Gasteiger partial charge in [-0.05, 0) is 37.0 Å². The van der Waals surface area contributed by atoms with Gasteiger partial charge in [-0.15, -0.1) is 0 Å². The molecule has 2 amide bonds. The summed E-state index contributed by atoms with van der Waals surface area (Å²) in [5.74, 6) is 0.187. The quantitative estimate of drug-likeness (QED) is 0.874. The van der Waals surface area contributed by atoms with E-state index in [0.29, 0.717) is 23.2 Å². The molecule has 116 valence electrons. The average Bonchev–Trinajstić information content (AvgIpc) is 2.38. The number of aryl methyl sites for hydroxylation is 1. The van der Waals surface area contributed by atoms with E-state index in [-0.39, 0.29) is 18.4 Å². The SMILES string of the molecule is CC(=O)N(CCC(C)C)CC(=O)Nc1ccc(C)c(Cl)c1. The number of nitrogens with zero attached hydrogens (tertiary/aromatic N) is 1. The first kappa shape index (κ1) is 17.5. The van der Waals surface area contributed by atoms with Crippen molar-refractivity contribution < 1.29 is 9.59 Å². The second-order valence-electron chi connectivity index (χ2n) is 5.64. The van der Waals surface area contributed by atoms with Crippen molar-refractivity contribution in [2.24, 2.45) is 5.92 Å². The predicted molar refractivity (Wildman–Crippen MR) is 86.5 cm³/mol. The van der Waals surface area contributed by atoms with Gasteiger partial charge in [0.25, 0.3) is 0 Å². The highest BCUT2D eigenvalue weighted by atomic mass is 35.5. The van der Waals surface area contributed by atoms with Gasteiger partial charge in [-0.1, -0.05) is 31.5 Å². The molecule has 0 atom stereocenters. The van der Waals surface area contributed by atoms with Crippen molar-refractivity contribution in [3.63, 3.8) is 0 Å². The van der Waals surface area contributed by atoms with Crippen LogP contribution in [0.5, 0.6) is 0 Å². The van der Waals surface area contributed by atoms with Crippen LogP contribution in [0.15, 0.2) is 18.2 Å². The van der Waals surface area contributed by atoms with E-state index in [4.69, 9.17) is 11.6 Å². The number of carbonyl (C=O) groups excluding carboxylic acids is 2. The highest BCUT2D eigenvalue weighted by Gasteiger charge is 2.14. The Morgan fingerprint density at radius 2 is 2.00 bits per heavy atom. The first-order valence-corrected chi connectivity index (χ1v) is 7.49. The van der Waals surface area contributed by atoms with Crippen molar-refractivity contribution in [1.82, 2.24) is 4.90 Å². The normalized spacial score (nSPS) is 10.6. The zero-order valence-electron chi connectivity index (χ0n) is 13.1. The lowest BCUT2D eigenvalue weighted by Gasteiger charge is -2.21. The van der Waals surface area contributed by atoms with Crippen LogP contribution in [-0.2, 0) is 9.59 Å². The first-order chi connectivity index (χ1) is 9.79. The number of rotatable bonds is 6. The number of anilines is 1. The molecule has 0 aliphatic heterocycles. The van der Waals surface area contributed by atoms with Crippen molar-refractivity contribution in [3.8, 4) is 0 Å². The minimum Gasteiger partial charge on any atom is -0.334 e. The van der Waals surface area contributed by atoms with E-state index in [2.05, 4.69) is 19.2 Å². The fourth-order valence-corrected chi connectivity index (χ4v) is 1.99. The van der Waals surface area contributed by atoms with Gasteiger partial charge >= 0.3 is 0 Å². The molecule has 0 heterocycles. The topological polar surface area (TPSA) is 49.4 Å². The summed E-state index contributed by atoms with van der Waals surface area (Å²) in [4.78, 5) is 25.1. The van der Waals surface area contributed by atoms with Crippen LogP contribution in [0.4, 0.5) is 5.69 Å². The maximum absolute atomic E-state index is 12.0. The Balaban J connectivity index is 2.60. The molecule has 1 N–H and O–H groups in total. The molecular weight excluding hydrogens is 288 g/mol. The number of benzene rings is 1. The number of nitrogens with one attached hydrogen (secondary N) is 1. The van der Waals surface area contributed by atoms with E-state index >= 15 is 0 Å². The van der Waals surface area contributed by atoms with Gasteiger partial charge in [0, 0.05) is 24.2 Å². The van der Waals surface area contributed by atoms with E-state index in [1.54, 1.807) is 17.0 Å². The zero-order valence-corrected chi connectivity index (χ0v) is 13.8. The lowest BCUT2D eigenvalue weighted by molar-refractivity contribution is -0.132. The van der Waals surface area contributed by atoms with Crippen molar-refractivity contribution in [2.75, 3.05) is 18.4 Å². The van der Waals surface area contributed by atoms with E-state index in [0.717, 1.165) is 12.0 Å². The Labute approximate surface area is 131 Å². The Kier molecular flexibility index (Phi) is 6.69. The molecule has 0 saturated carbocycles. The number of amides is 2. The third kappa shape index (κ3) is 6.17. The summed E-state index contributed by atoms with van der Waals surface area (Å²) in [6.07, 6.45) is 0.878. The minimum absolute atomic E-state index is 0.0630. The zero-order chi connectivity index (χ0) is 16.0. The van der Waals surface area contributed by atoms with Crippen LogP contribution in [0.1, 0.15) is 32.8 Å². The van der Waals surface area contributed by atoms with Crippen LogP contribution >= 0.6 is 11.6 Å². The molecule has 0 unspecified atom stereocenters. The van der Waals surface area contributed by atoms with E-state index < -0.39 is 0 Å². The summed E-state index contributed by atoms with van der Waals surface area (Å²) in [6.45, 7) is 8.22. The second kappa shape index (κ2) is 8.03. The first-order valence-electron chi connectivity index (χ1n) is 7.11. The maximum Gasteiger partial charge on any atom is 0.243 e. The van der Waals surface area contributed by atoms with Gasteiger partial charge in [-0.2, -0.15) is 0 Å². The standard InChI is InChI=1S/C16H23ClN2O2/c1-11(2)7-8-19(13(4)20)10-16(21)18-14-6-5-12(3)15(17)9-14/h5-6,9,11H,7-8,10H2,1-4H3,(H,18,21). The molecule has 0 aliphatic carbocycles. The van der Waals surface area contributed by atoms with Gasteiger partial charge in [0.1, 0.15) is 0 Å². The summed E-state index contributed by atoms with van der Waals surface area (Å²) >= 11 is 6.02. The van der Waals surface area contributed by atoms with Crippen molar-refractivity contribution in [1.29, 1.82) is 0 Å². The molecule has 0 bridgehead atoms. The molecule has 1 aromatic carbocycles. The van der Waals surface area contributed by atoms with Gasteiger partial charge < -0.3 is 10.2 Å². The fraction of sp³-hybridized carbons (Fsp3) is 0.500. The largest absolute Gasteiger partial charge is 0.334 e. The van der Waals surface area contributed by atoms with Crippen molar-refractivity contribution in [3.05, 3.63) is 28.8 Å². The summed E-state index contributed by atoms with van der Waals surface area (Å²) in [7, 11) is 0. The molecule has 1 rings (SSSR count). The second-order valence-corrected chi connectivity index (χ2v) is 6.04. The fourth-order valence-electron chi connectivity index (χ4n) is 1.81. The molecule has 0 spiro atoms. The highest BCUT2D eigenvalue weighted by Crippen LogP contribution is 2.19. The van der Waals surface area contributed by atoms with Crippen LogP contribution in [0.2, 0.25) is 5.02 Å². The summed E-state index contributed by atoms with van der Waals surface area (Å²) < 4.78 is 0. The Hall–Kier alpha value is -1.55. The Bertz CT molecular complexity index is 515. The molecule has 0 aromatic heterocycles. The van der Waals surface area contributed by atoms with Crippen LogP contribution in [0.25, 0.3) is 0 Å². The Morgan fingerprint density at radius 1 is 1.33 bits per heavy atom. The van der Waals surface area contributed by atoms with Gasteiger partial charge in [0.05, 0.1) is 6.54 Å². The van der Waals surface area contributed by atoms with Crippen LogP contribution in [0.3, 0.4) is 0 Å². The number of halogens is 1. The lowest BCUT2D eigenvalue weighted by Crippen LogP contribution is -2.37. The van der Waals surface area contributed by atoms with Crippen LogP contribution < -0.4 is 5.32 Å². The van der Waals surface area contributed by atoms with E-state index in [9.17, 15) is 9.59 Å². The van der Waals surface area contributed by atoms with Gasteiger partial charge in [0.15, 0.2) is 0 Å². The summed E-state index contributed by atoms with van der Waals surface area (Å²) in [5, 5.41) is 3.37. The molecule has 4 nitrogen and oxygen atoms in total. The van der Waals surface area contributed by atoms with E-state index in [1.807, 2.05) is 13.0 Å².